The van der Waals surface area contributed by atoms with Crippen LogP contribution in [0.1, 0.15) is 44.2 Å². The highest BCUT2D eigenvalue weighted by Gasteiger charge is 2.30. The molecule has 4 nitrogen and oxygen atoms in total. The number of carboxylic acid groups (broad SMARTS) is 1. The van der Waals surface area contributed by atoms with Crippen LogP contribution in [0.25, 0.3) is 0 Å². The molecule has 1 heterocycles. The van der Waals surface area contributed by atoms with Crippen LogP contribution in [0.4, 0.5) is 0 Å². The van der Waals surface area contributed by atoms with Gasteiger partial charge in [-0.05, 0) is 52.8 Å². The number of hydrogen-bond donors (Lipinski definition) is 1. The van der Waals surface area contributed by atoms with E-state index in [1.807, 2.05) is 12.1 Å². The van der Waals surface area contributed by atoms with Gasteiger partial charge < -0.3 is 5.11 Å². The van der Waals surface area contributed by atoms with Gasteiger partial charge in [-0.3, -0.25) is 9.80 Å². The lowest BCUT2D eigenvalue weighted by molar-refractivity contribution is 0.0696. The average molecular weight is 413 g/mol. The number of aryl methyl sites for hydroxylation is 2. The molecule has 0 bridgehead atoms. The Morgan fingerprint density at radius 1 is 0.806 bits per heavy atom. The second-order valence-corrected chi connectivity index (χ2v) is 8.62. The molecule has 31 heavy (non-hydrogen) atoms. The molecule has 0 atom stereocenters. The van der Waals surface area contributed by atoms with E-state index in [9.17, 15) is 9.90 Å². The molecule has 1 saturated heterocycles. The molecule has 3 aromatic carbocycles. The fraction of sp³-hybridized carbons (Fsp3) is 0.296. The normalized spacial score (nSPS) is 17.5. The standard InChI is InChI=1S/C27H28N2O2/c30-27(31)23-9-5-6-20(18-23)19-28-14-16-29(17-15-28)26-24-10-3-1-7-21(24)12-13-22-8-2-4-11-25(22)26/h1-11,18,26H,12-17,19H2,(H,30,31). The first kappa shape index (κ1) is 20.0. The molecule has 0 aromatic heterocycles. The zero-order valence-electron chi connectivity index (χ0n) is 17.7. The minimum Gasteiger partial charge on any atom is -0.478 e. The Bertz CT molecular complexity index is 1040. The van der Waals surface area contributed by atoms with Crippen molar-refractivity contribution in [2.75, 3.05) is 26.2 Å². The van der Waals surface area contributed by atoms with E-state index in [-0.39, 0.29) is 0 Å². The van der Waals surface area contributed by atoms with Gasteiger partial charge in [0, 0.05) is 32.7 Å². The first-order valence-electron chi connectivity index (χ1n) is 11.1. The highest BCUT2D eigenvalue weighted by Crippen LogP contribution is 2.37. The highest BCUT2D eigenvalue weighted by atomic mass is 16.4. The van der Waals surface area contributed by atoms with Crippen LogP contribution in [-0.4, -0.2) is 47.1 Å². The van der Waals surface area contributed by atoms with E-state index in [1.165, 1.54) is 22.3 Å². The quantitative estimate of drug-likeness (QED) is 0.690. The molecule has 0 saturated carbocycles. The van der Waals surface area contributed by atoms with E-state index >= 15 is 0 Å². The summed E-state index contributed by atoms with van der Waals surface area (Å²) in [5, 5.41) is 9.26. The SMILES string of the molecule is O=C(O)c1cccc(CN2CCN(C3c4ccccc4CCc4ccccc43)CC2)c1. The van der Waals surface area contributed by atoms with Crippen molar-refractivity contribution in [2.45, 2.75) is 25.4 Å². The Morgan fingerprint density at radius 2 is 1.42 bits per heavy atom. The van der Waals surface area contributed by atoms with Crippen molar-refractivity contribution in [3.8, 4) is 0 Å². The van der Waals surface area contributed by atoms with Crippen molar-refractivity contribution in [3.05, 3.63) is 106 Å². The van der Waals surface area contributed by atoms with Crippen LogP contribution in [0, 0.1) is 0 Å². The summed E-state index contributed by atoms with van der Waals surface area (Å²) in [6.07, 6.45) is 2.20. The van der Waals surface area contributed by atoms with Crippen molar-refractivity contribution in [3.63, 3.8) is 0 Å². The summed E-state index contributed by atoms with van der Waals surface area (Å²) < 4.78 is 0. The Hall–Kier alpha value is -2.95. The van der Waals surface area contributed by atoms with Gasteiger partial charge in [0.15, 0.2) is 0 Å². The second-order valence-electron chi connectivity index (χ2n) is 8.62. The van der Waals surface area contributed by atoms with Crippen LogP contribution in [0.15, 0.2) is 72.8 Å². The number of fused-ring (bicyclic) bond motifs is 2. The third kappa shape index (κ3) is 4.14. The third-order valence-electron chi connectivity index (χ3n) is 6.72. The number of nitrogens with zero attached hydrogens (tertiary/aromatic N) is 2. The number of carboxylic acids is 1. The lowest BCUT2D eigenvalue weighted by Gasteiger charge is -2.40. The van der Waals surface area contributed by atoms with E-state index in [0.717, 1.165) is 51.1 Å². The van der Waals surface area contributed by atoms with Crippen molar-refractivity contribution >= 4 is 5.97 Å². The third-order valence-corrected chi connectivity index (χ3v) is 6.72. The first-order valence-corrected chi connectivity index (χ1v) is 11.1. The second kappa shape index (κ2) is 8.66. The maximum atomic E-state index is 11.3. The molecule has 1 fully saturated rings. The van der Waals surface area contributed by atoms with Gasteiger partial charge in [-0.2, -0.15) is 0 Å². The molecular weight excluding hydrogens is 384 g/mol. The molecule has 1 aliphatic heterocycles. The summed E-state index contributed by atoms with van der Waals surface area (Å²) in [5.74, 6) is -0.864. The average Bonchev–Trinajstić information content (AvgIpc) is 2.97. The lowest BCUT2D eigenvalue weighted by atomic mass is 9.92. The molecule has 2 aliphatic rings. The summed E-state index contributed by atoms with van der Waals surface area (Å²) in [7, 11) is 0. The topological polar surface area (TPSA) is 43.8 Å². The predicted molar refractivity (Wildman–Crippen MR) is 122 cm³/mol. The van der Waals surface area contributed by atoms with Crippen LogP contribution in [0.3, 0.4) is 0 Å². The summed E-state index contributed by atoms with van der Waals surface area (Å²) in [5.41, 5.74) is 7.28. The number of piperazine rings is 1. The fourth-order valence-electron chi connectivity index (χ4n) is 5.13. The molecule has 0 amide bonds. The van der Waals surface area contributed by atoms with Crippen molar-refractivity contribution in [1.29, 1.82) is 0 Å². The summed E-state index contributed by atoms with van der Waals surface area (Å²) >= 11 is 0. The van der Waals surface area contributed by atoms with Crippen LogP contribution in [-0.2, 0) is 19.4 Å². The van der Waals surface area contributed by atoms with Gasteiger partial charge >= 0.3 is 5.97 Å². The highest BCUT2D eigenvalue weighted by molar-refractivity contribution is 5.87. The Kier molecular flexibility index (Phi) is 5.58. The van der Waals surface area contributed by atoms with Crippen molar-refractivity contribution in [1.82, 2.24) is 9.80 Å². The van der Waals surface area contributed by atoms with E-state index in [0.29, 0.717) is 11.6 Å². The zero-order chi connectivity index (χ0) is 21.2. The molecule has 0 unspecified atom stereocenters. The largest absolute Gasteiger partial charge is 0.478 e. The Balaban J connectivity index is 1.35. The molecule has 0 spiro atoms. The maximum Gasteiger partial charge on any atom is 0.335 e. The van der Waals surface area contributed by atoms with Gasteiger partial charge in [-0.1, -0.05) is 60.7 Å². The number of benzene rings is 3. The lowest BCUT2D eigenvalue weighted by Crippen LogP contribution is -2.47. The number of carbonyl (C=O) groups is 1. The van der Waals surface area contributed by atoms with Crippen molar-refractivity contribution < 1.29 is 9.90 Å². The minimum absolute atomic E-state index is 0.312. The van der Waals surface area contributed by atoms with Crippen LogP contribution < -0.4 is 0 Å². The minimum atomic E-state index is -0.864. The van der Waals surface area contributed by atoms with Crippen molar-refractivity contribution in [2.24, 2.45) is 0 Å². The molecule has 1 N–H and O–H groups in total. The number of rotatable bonds is 4. The van der Waals surface area contributed by atoms with Gasteiger partial charge in [-0.25, -0.2) is 4.79 Å². The Morgan fingerprint density at radius 3 is 2.03 bits per heavy atom. The molecule has 0 radical (unpaired) electrons. The molecule has 1 aliphatic carbocycles. The van der Waals surface area contributed by atoms with Gasteiger partial charge in [0.25, 0.3) is 0 Å². The molecule has 5 rings (SSSR count). The monoisotopic (exact) mass is 412 g/mol. The smallest absolute Gasteiger partial charge is 0.335 e. The predicted octanol–water partition coefficient (Wildman–Crippen LogP) is 4.39. The first-order chi connectivity index (χ1) is 15.2. The van der Waals surface area contributed by atoms with Gasteiger partial charge in [0.05, 0.1) is 11.6 Å². The fourth-order valence-corrected chi connectivity index (χ4v) is 5.13. The number of hydrogen-bond acceptors (Lipinski definition) is 3. The Labute approximate surface area is 183 Å². The van der Waals surface area contributed by atoms with Gasteiger partial charge in [-0.15, -0.1) is 0 Å². The number of aromatic carboxylic acids is 1. The molecular formula is C27H28N2O2. The van der Waals surface area contributed by atoms with E-state index in [4.69, 9.17) is 0 Å². The maximum absolute atomic E-state index is 11.3. The van der Waals surface area contributed by atoms with E-state index in [2.05, 4.69) is 58.3 Å². The molecule has 4 heteroatoms. The van der Waals surface area contributed by atoms with Crippen LogP contribution in [0.2, 0.25) is 0 Å². The van der Waals surface area contributed by atoms with E-state index < -0.39 is 5.97 Å². The zero-order valence-corrected chi connectivity index (χ0v) is 17.7. The van der Waals surface area contributed by atoms with Gasteiger partial charge in [0.1, 0.15) is 0 Å². The van der Waals surface area contributed by atoms with E-state index in [1.54, 1.807) is 12.1 Å². The summed E-state index contributed by atoms with van der Waals surface area (Å²) in [6, 6.07) is 25.5. The van der Waals surface area contributed by atoms with Crippen LogP contribution >= 0.6 is 0 Å². The molecule has 3 aromatic rings. The molecule has 158 valence electrons. The van der Waals surface area contributed by atoms with Crippen LogP contribution in [0.5, 0.6) is 0 Å². The van der Waals surface area contributed by atoms with Gasteiger partial charge in [0.2, 0.25) is 0 Å². The summed E-state index contributed by atoms with van der Waals surface area (Å²) in [4.78, 5) is 16.3. The summed E-state index contributed by atoms with van der Waals surface area (Å²) in [6.45, 7) is 4.78.